The van der Waals surface area contributed by atoms with Crippen LogP contribution < -0.4 is 4.90 Å². The Balaban J connectivity index is 1.92. The second-order valence-corrected chi connectivity index (χ2v) is 8.07. The number of carbonyl (C=O) groups excluding carboxylic acids is 2. The molecule has 1 N–H and O–H groups in total. The molecule has 3 aromatic carbocycles. The minimum absolute atomic E-state index is 0.0988. The van der Waals surface area contributed by atoms with Crippen LogP contribution in [0.5, 0.6) is 0 Å². The van der Waals surface area contributed by atoms with Gasteiger partial charge in [0.25, 0.3) is 11.7 Å². The number of Topliss-reactive ketones (excluding diaryl/α,β-unsaturated/α-hetero) is 1. The summed E-state index contributed by atoms with van der Waals surface area (Å²) in [5, 5.41) is 11.3. The summed E-state index contributed by atoms with van der Waals surface area (Å²) >= 11 is 6.02. The van der Waals surface area contributed by atoms with Crippen molar-refractivity contribution in [3.05, 3.63) is 106 Å². The van der Waals surface area contributed by atoms with Crippen molar-refractivity contribution in [3.63, 3.8) is 0 Å². The molecule has 1 aliphatic heterocycles. The largest absolute Gasteiger partial charge is 0.507 e. The van der Waals surface area contributed by atoms with Gasteiger partial charge in [-0.3, -0.25) is 14.5 Å². The Morgan fingerprint density at radius 2 is 1.64 bits per heavy atom. The van der Waals surface area contributed by atoms with Crippen molar-refractivity contribution >= 4 is 34.7 Å². The van der Waals surface area contributed by atoms with Crippen LogP contribution in [0.15, 0.2) is 78.4 Å². The lowest BCUT2D eigenvalue weighted by atomic mass is 9.94. The second kappa shape index (κ2) is 8.41. The number of rotatable bonds is 3. The number of ketones is 1. The number of carbonyl (C=O) groups is 2. The predicted molar refractivity (Wildman–Crippen MR) is 119 cm³/mol. The summed E-state index contributed by atoms with van der Waals surface area (Å²) in [4.78, 5) is 27.2. The number of amides is 1. The molecule has 8 heteroatoms. The summed E-state index contributed by atoms with van der Waals surface area (Å²) in [6.07, 6.45) is -4.55. The fourth-order valence-electron chi connectivity index (χ4n) is 3.86. The number of hydrogen-bond acceptors (Lipinski definition) is 3. The average molecular weight is 472 g/mol. The number of aliphatic hydroxyl groups excluding tert-OH is 1. The SMILES string of the molecule is Cc1cccc(C2/C(=C(\O)c3cccc(Cl)c3)C(=O)C(=O)N2c2ccc(C(F)(F)F)cc2)c1. The Morgan fingerprint density at radius 3 is 2.24 bits per heavy atom. The lowest BCUT2D eigenvalue weighted by molar-refractivity contribution is -0.137. The van der Waals surface area contributed by atoms with Gasteiger partial charge >= 0.3 is 6.18 Å². The van der Waals surface area contributed by atoms with Gasteiger partial charge in [-0.05, 0) is 48.9 Å². The van der Waals surface area contributed by atoms with E-state index in [-0.39, 0.29) is 16.8 Å². The topological polar surface area (TPSA) is 57.6 Å². The van der Waals surface area contributed by atoms with Crippen LogP contribution in [0.1, 0.15) is 28.3 Å². The molecule has 0 saturated carbocycles. The summed E-state index contributed by atoms with van der Waals surface area (Å²) in [6.45, 7) is 1.82. The lowest BCUT2D eigenvalue weighted by Crippen LogP contribution is -2.29. The highest BCUT2D eigenvalue weighted by Crippen LogP contribution is 2.43. The zero-order valence-corrected chi connectivity index (χ0v) is 18.0. The van der Waals surface area contributed by atoms with Gasteiger partial charge in [0.2, 0.25) is 0 Å². The van der Waals surface area contributed by atoms with Gasteiger partial charge in [0.1, 0.15) is 5.76 Å². The molecule has 1 unspecified atom stereocenters. The van der Waals surface area contributed by atoms with Gasteiger partial charge in [-0.1, -0.05) is 53.6 Å². The summed E-state index contributed by atoms with van der Waals surface area (Å²) < 4.78 is 39.1. The molecular weight excluding hydrogens is 455 g/mol. The molecule has 0 bridgehead atoms. The number of aliphatic hydroxyl groups is 1. The van der Waals surface area contributed by atoms with Crippen molar-refractivity contribution in [2.24, 2.45) is 0 Å². The van der Waals surface area contributed by atoms with Crippen molar-refractivity contribution < 1.29 is 27.9 Å². The second-order valence-electron chi connectivity index (χ2n) is 7.64. The third-order valence-corrected chi connectivity index (χ3v) is 5.61. The summed E-state index contributed by atoms with van der Waals surface area (Å²) in [7, 11) is 0. The number of aryl methyl sites for hydroxylation is 1. The third kappa shape index (κ3) is 4.24. The molecule has 1 atom stereocenters. The van der Waals surface area contributed by atoms with Crippen LogP contribution in [0.4, 0.5) is 18.9 Å². The first kappa shape index (κ1) is 22.6. The van der Waals surface area contributed by atoms with Crippen LogP contribution >= 0.6 is 11.6 Å². The Hall–Kier alpha value is -3.58. The number of benzene rings is 3. The maximum Gasteiger partial charge on any atom is 0.416 e. The summed E-state index contributed by atoms with van der Waals surface area (Å²) in [5.41, 5.74) is 0.653. The fraction of sp³-hybridized carbons (Fsp3) is 0.120. The van der Waals surface area contributed by atoms with Crippen LogP contribution in [0.2, 0.25) is 5.02 Å². The smallest absolute Gasteiger partial charge is 0.416 e. The van der Waals surface area contributed by atoms with E-state index in [9.17, 15) is 27.9 Å². The van der Waals surface area contributed by atoms with Crippen LogP contribution in [-0.4, -0.2) is 16.8 Å². The molecule has 0 aliphatic carbocycles. The number of halogens is 4. The van der Waals surface area contributed by atoms with Crippen molar-refractivity contribution in [2.75, 3.05) is 4.90 Å². The van der Waals surface area contributed by atoms with Crippen LogP contribution in [0, 0.1) is 6.92 Å². The standard InChI is InChI=1S/C25H17ClF3NO3/c1-14-4-2-5-15(12-14)21-20(22(31)16-6-3-7-18(26)13-16)23(32)24(33)30(21)19-10-8-17(9-11-19)25(27,28)29/h2-13,21,31H,1H3/b22-20+. The van der Waals surface area contributed by atoms with E-state index in [0.717, 1.165) is 34.7 Å². The molecule has 168 valence electrons. The van der Waals surface area contributed by atoms with Gasteiger partial charge in [0, 0.05) is 16.3 Å². The van der Waals surface area contributed by atoms with Gasteiger partial charge in [0.15, 0.2) is 0 Å². The van der Waals surface area contributed by atoms with Crippen molar-refractivity contribution in [2.45, 2.75) is 19.1 Å². The minimum atomic E-state index is -4.55. The zero-order chi connectivity index (χ0) is 23.9. The molecule has 4 rings (SSSR count). The van der Waals surface area contributed by atoms with Gasteiger partial charge in [-0.2, -0.15) is 13.2 Å². The van der Waals surface area contributed by atoms with E-state index in [4.69, 9.17) is 11.6 Å². The lowest BCUT2D eigenvalue weighted by Gasteiger charge is -2.26. The first-order valence-electron chi connectivity index (χ1n) is 9.88. The Kier molecular flexibility index (Phi) is 5.76. The molecule has 0 spiro atoms. The Morgan fingerprint density at radius 1 is 0.970 bits per heavy atom. The van der Waals surface area contributed by atoms with Crippen molar-refractivity contribution in [3.8, 4) is 0 Å². The maximum absolute atomic E-state index is 13.1. The first-order valence-corrected chi connectivity index (χ1v) is 10.3. The van der Waals surface area contributed by atoms with E-state index in [1.165, 1.54) is 6.07 Å². The van der Waals surface area contributed by atoms with E-state index in [2.05, 4.69) is 0 Å². The van der Waals surface area contributed by atoms with Gasteiger partial charge in [-0.15, -0.1) is 0 Å². The van der Waals surface area contributed by atoms with E-state index in [1.807, 2.05) is 13.0 Å². The molecule has 1 fully saturated rings. The molecule has 1 heterocycles. The molecule has 33 heavy (non-hydrogen) atoms. The van der Waals surface area contributed by atoms with Gasteiger partial charge in [0.05, 0.1) is 17.2 Å². The number of anilines is 1. The molecule has 1 saturated heterocycles. The quantitative estimate of drug-likeness (QED) is 0.277. The monoisotopic (exact) mass is 471 g/mol. The highest BCUT2D eigenvalue weighted by atomic mass is 35.5. The number of hydrogen-bond donors (Lipinski definition) is 1. The van der Waals surface area contributed by atoms with Crippen LogP contribution in [0.25, 0.3) is 5.76 Å². The molecule has 3 aromatic rings. The summed E-state index contributed by atoms with van der Waals surface area (Å²) in [6, 6.07) is 16.1. The van der Waals surface area contributed by atoms with E-state index >= 15 is 0 Å². The third-order valence-electron chi connectivity index (χ3n) is 5.37. The molecule has 1 amide bonds. The van der Waals surface area contributed by atoms with Crippen LogP contribution in [0.3, 0.4) is 0 Å². The van der Waals surface area contributed by atoms with Gasteiger partial charge < -0.3 is 5.11 Å². The zero-order valence-electron chi connectivity index (χ0n) is 17.2. The molecular formula is C25H17ClF3NO3. The summed E-state index contributed by atoms with van der Waals surface area (Å²) in [5.74, 6) is -2.32. The van der Waals surface area contributed by atoms with Gasteiger partial charge in [-0.25, -0.2) is 0 Å². The molecule has 1 aliphatic rings. The van der Waals surface area contributed by atoms with E-state index < -0.39 is 35.2 Å². The Labute approximate surface area is 192 Å². The number of alkyl halides is 3. The number of nitrogens with zero attached hydrogens (tertiary/aromatic N) is 1. The maximum atomic E-state index is 13.1. The van der Waals surface area contributed by atoms with Crippen molar-refractivity contribution in [1.29, 1.82) is 0 Å². The van der Waals surface area contributed by atoms with Crippen molar-refractivity contribution in [1.82, 2.24) is 0 Å². The fourth-order valence-corrected chi connectivity index (χ4v) is 4.05. The molecule has 0 aromatic heterocycles. The molecule has 0 radical (unpaired) electrons. The first-order chi connectivity index (χ1) is 15.6. The highest BCUT2D eigenvalue weighted by molar-refractivity contribution is 6.51. The van der Waals surface area contributed by atoms with E-state index in [0.29, 0.717) is 10.6 Å². The predicted octanol–water partition coefficient (Wildman–Crippen LogP) is 6.29. The minimum Gasteiger partial charge on any atom is -0.507 e. The average Bonchev–Trinajstić information content (AvgIpc) is 3.03. The van der Waals surface area contributed by atoms with E-state index in [1.54, 1.807) is 36.4 Å². The molecule has 4 nitrogen and oxygen atoms in total. The Bertz CT molecular complexity index is 1280. The van der Waals surface area contributed by atoms with Crippen LogP contribution in [-0.2, 0) is 15.8 Å². The highest BCUT2D eigenvalue weighted by Gasteiger charge is 2.47. The normalized spacial score (nSPS) is 18.1.